The van der Waals surface area contributed by atoms with E-state index < -0.39 is 17.2 Å². The topological polar surface area (TPSA) is 29.1 Å². The lowest BCUT2D eigenvalue weighted by molar-refractivity contribution is -0.137. The summed E-state index contributed by atoms with van der Waals surface area (Å²) in [4.78, 5) is 12.5. The van der Waals surface area contributed by atoms with E-state index in [1.165, 1.54) is 6.07 Å². The third kappa shape index (κ3) is 3.06. The first-order chi connectivity index (χ1) is 10.8. The van der Waals surface area contributed by atoms with E-state index in [4.69, 9.17) is 11.6 Å². The fourth-order valence-corrected chi connectivity index (χ4v) is 2.82. The molecule has 1 N–H and O–H groups in total. The van der Waals surface area contributed by atoms with Crippen LogP contribution in [0.4, 0.5) is 18.9 Å². The molecule has 0 unspecified atom stereocenters. The van der Waals surface area contributed by atoms with Crippen LogP contribution in [0.3, 0.4) is 0 Å². The number of hydrogen-bond acceptors (Lipinski definition) is 1. The van der Waals surface area contributed by atoms with Crippen molar-refractivity contribution >= 4 is 23.2 Å². The summed E-state index contributed by atoms with van der Waals surface area (Å²) in [6.45, 7) is 0. The summed E-state index contributed by atoms with van der Waals surface area (Å²) in [5.41, 5.74) is -0.628. The van der Waals surface area contributed by atoms with Gasteiger partial charge in [0.1, 0.15) is 0 Å². The summed E-state index contributed by atoms with van der Waals surface area (Å²) in [5.74, 6) is -0.292. The molecule has 6 heteroatoms. The molecular formula is C17H13ClF3NO. The second-order valence-corrected chi connectivity index (χ2v) is 6.00. The number of carbonyl (C=O) groups is 1. The minimum absolute atomic E-state index is 0.0916. The van der Waals surface area contributed by atoms with E-state index in [0.717, 1.165) is 17.7 Å². The van der Waals surface area contributed by atoms with Crippen LogP contribution in [0.5, 0.6) is 0 Å². The highest BCUT2D eigenvalue weighted by Gasteiger charge is 2.51. The van der Waals surface area contributed by atoms with Gasteiger partial charge in [0.15, 0.2) is 0 Å². The molecule has 0 saturated heterocycles. The third-order valence-electron chi connectivity index (χ3n) is 4.04. The molecule has 2 nitrogen and oxygen atoms in total. The zero-order valence-corrected chi connectivity index (χ0v) is 12.7. The number of amides is 1. The van der Waals surface area contributed by atoms with Crippen LogP contribution in [0.2, 0.25) is 5.02 Å². The lowest BCUT2D eigenvalue weighted by Gasteiger charge is -2.17. The summed E-state index contributed by atoms with van der Waals surface area (Å²) in [5, 5.41) is 2.20. The van der Waals surface area contributed by atoms with Gasteiger partial charge in [-0.1, -0.05) is 41.9 Å². The molecule has 0 spiro atoms. The van der Waals surface area contributed by atoms with Gasteiger partial charge in [-0.2, -0.15) is 13.2 Å². The summed E-state index contributed by atoms with van der Waals surface area (Å²) < 4.78 is 38.6. The Kier molecular flexibility index (Phi) is 3.84. The molecule has 1 aliphatic rings. The Labute approximate surface area is 136 Å². The van der Waals surface area contributed by atoms with E-state index in [2.05, 4.69) is 5.32 Å². The number of hydrogen-bond donors (Lipinski definition) is 1. The number of rotatable bonds is 3. The second kappa shape index (κ2) is 5.57. The van der Waals surface area contributed by atoms with E-state index in [9.17, 15) is 18.0 Å². The smallest absolute Gasteiger partial charge is 0.325 e. The molecule has 23 heavy (non-hydrogen) atoms. The maximum Gasteiger partial charge on any atom is 0.417 e. The highest BCUT2D eigenvalue weighted by atomic mass is 35.5. The van der Waals surface area contributed by atoms with Gasteiger partial charge >= 0.3 is 6.18 Å². The number of carbonyl (C=O) groups excluding carboxylic acids is 1. The number of benzene rings is 2. The van der Waals surface area contributed by atoms with Crippen molar-refractivity contribution in [2.75, 3.05) is 5.32 Å². The molecule has 0 aromatic heterocycles. The van der Waals surface area contributed by atoms with Gasteiger partial charge < -0.3 is 5.32 Å². The average molecular weight is 340 g/mol. The van der Waals surface area contributed by atoms with Gasteiger partial charge in [-0.15, -0.1) is 0 Å². The van der Waals surface area contributed by atoms with Crippen molar-refractivity contribution < 1.29 is 18.0 Å². The Morgan fingerprint density at radius 3 is 2.30 bits per heavy atom. The first-order valence-corrected chi connectivity index (χ1v) is 7.44. The predicted octanol–water partition coefficient (Wildman–Crippen LogP) is 5.03. The number of halogens is 4. The molecule has 3 rings (SSSR count). The summed E-state index contributed by atoms with van der Waals surface area (Å²) in [6.07, 6.45) is -3.19. The van der Waals surface area contributed by atoms with Gasteiger partial charge in [0.25, 0.3) is 0 Å². The van der Waals surface area contributed by atoms with E-state index in [0.29, 0.717) is 12.8 Å². The quantitative estimate of drug-likeness (QED) is 0.835. The summed E-state index contributed by atoms with van der Waals surface area (Å²) in [7, 11) is 0. The van der Waals surface area contributed by atoms with Crippen LogP contribution in [0, 0.1) is 0 Å². The van der Waals surface area contributed by atoms with E-state index in [-0.39, 0.29) is 16.6 Å². The van der Waals surface area contributed by atoms with E-state index >= 15 is 0 Å². The lowest BCUT2D eigenvalue weighted by Crippen LogP contribution is -2.27. The van der Waals surface area contributed by atoms with Crippen molar-refractivity contribution in [3.05, 3.63) is 64.7 Å². The average Bonchev–Trinajstić information content (AvgIpc) is 3.31. The Bertz CT molecular complexity index is 739. The van der Waals surface area contributed by atoms with Crippen LogP contribution < -0.4 is 5.32 Å². The molecular weight excluding hydrogens is 327 g/mol. The second-order valence-electron chi connectivity index (χ2n) is 5.59. The van der Waals surface area contributed by atoms with Crippen LogP contribution in [0.1, 0.15) is 24.0 Å². The van der Waals surface area contributed by atoms with Crippen molar-refractivity contribution in [1.29, 1.82) is 0 Å². The molecule has 120 valence electrons. The van der Waals surface area contributed by atoms with Crippen molar-refractivity contribution in [2.24, 2.45) is 0 Å². The fourth-order valence-electron chi connectivity index (χ4n) is 2.60. The molecule has 0 radical (unpaired) electrons. The largest absolute Gasteiger partial charge is 0.417 e. The minimum atomic E-state index is -4.56. The molecule has 1 saturated carbocycles. The molecule has 0 bridgehead atoms. The van der Waals surface area contributed by atoms with Crippen LogP contribution in [-0.2, 0) is 16.4 Å². The van der Waals surface area contributed by atoms with Gasteiger partial charge in [-0.05, 0) is 36.6 Å². The number of nitrogens with one attached hydrogen (secondary N) is 1. The predicted molar refractivity (Wildman–Crippen MR) is 82.4 cm³/mol. The van der Waals surface area contributed by atoms with E-state index in [1.807, 2.05) is 30.3 Å². The third-order valence-corrected chi connectivity index (χ3v) is 4.37. The number of anilines is 1. The maximum atomic E-state index is 12.9. The van der Waals surface area contributed by atoms with Crippen LogP contribution >= 0.6 is 11.6 Å². The van der Waals surface area contributed by atoms with Crippen molar-refractivity contribution in [2.45, 2.75) is 24.4 Å². The molecule has 2 aromatic carbocycles. The monoisotopic (exact) mass is 339 g/mol. The standard InChI is InChI=1S/C17H13ClF3NO/c18-14-7-6-12(10-13(14)17(19,20)21)22-15(23)16(8-9-16)11-4-2-1-3-5-11/h1-7,10H,8-9H2,(H,22,23). The van der Waals surface area contributed by atoms with Gasteiger partial charge in [0, 0.05) is 5.69 Å². The maximum absolute atomic E-state index is 12.9. The summed E-state index contributed by atoms with van der Waals surface area (Å²) >= 11 is 5.58. The lowest BCUT2D eigenvalue weighted by atomic mass is 9.95. The first kappa shape index (κ1) is 15.9. The van der Waals surface area contributed by atoms with Crippen molar-refractivity contribution in [3.63, 3.8) is 0 Å². The van der Waals surface area contributed by atoms with Gasteiger partial charge in [-0.25, -0.2) is 0 Å². The normalized spacial score (nSPS) is 16.0. The molecule has 0 heterocycles. The minimum Gasteiger partial charge on any atom is -0.325 e. The van der Waals surface area contributed by atoms with Crippen LogP contribution in [0.25, 0.3) is 0 Å². The van der Waals surface area contributed by atoms with Crippen LogP contribution in [0.15, 0.2) is 48.5 Å². The molecule has 1 amide bonds. The molecule has 0 aliphatic heterocycles. The number of alkyl halides is 3. The Morgan fingerprint density at radius 2 is 1.74 bits per heavy atom. The molecule has 0 atom stereocenters. The zero-order chi connectivity index (χ0) is 16.7. The Balaban J connectivity index is 1.84. The van der Waals surface area contributed by atoms with E-state index in [1.54, 1.807) is 0 Å². The van der Waals surface area contributed by atoms with Gasteiger partial charge in [0.2, 0.25) is 5.91 Å². The Hall–Kier alpha value is -2.01. The van der Waals surface area contributed by atoms with Gasteiger partial charge in [0.05, 0.1) is 16.0 Å². The Morgan fingerprint density at radius 1 is 1.09 bits per heavy atom. The first-order valence-electron chi connectivity index (χ1n) is 7.07. The SMILES string of the molecule is O=C(Nc1ccc(Cl)c(C(F)(F)F)c1)C1(c2ccccc2)CC1. The van der Waals surface area contributed by atoms with Gasteiger partial charge in [-0.3, -0.25) is 4.79 Å². The van der Waals surface area contributed by atoms with Crippen LogP contribution in [-0.4, -0.2) is 5.91 Å². The highest BCUT2D eigenvalue weighted by Crippen LogP contribution is 2.49. The molecule has 2 aromatic rings. The van der Waals surface area contributed by atoms with Crippen molar-refractivity contribution in [1.82, 2.24) is 0 Å². The molecule has 1 fully saturated rings. The fraction of sp³-hybridized carbons (Fsp3) is 0.235. The highest BCUT2D eigenvalue weighted by molar-refractivity contribution is 6.31. The zero-order valence-electron chi connectivity index (χ0n) is 12.0. The molecule has 1 aliphatic carbocycles. The van der Waals surface area contributed by atoms with Crippen molar-refractivity contribution in [3.8, 4) is 0 Å². The summed E-state index contributed by atoms with van der Waals surface area (Å²) in [6, 6.07) is 12.6.